The molecule has 2 rings (SSSR count). The summed E-state index contributed by atoms with van der Waals surface area (Å²) in [6.07, 6.45) is 1.56. The van der Waals surface area contributed by atoms with Crippen molar-refractivity contribution in [1.82, 2.24) is 0 Å². The molecule has 7 heteroatoms. The van der Waals surface area contributed by atoms with Crippen LogP contribution >= 0.6 is 56.8 Å². The average Bonchev–Trinajstić information content (AvgIpc) is 2.59. The summed E-state index contributed by atoms with van der Waals surface area (Å²) in [4.78, 5) is 12.4. The Morgan fingerprint density at radius 3 is 2.50 bits per heavy atom. The number of carbonyl (C=O) groups excluding carboxylic acids is 1. The van der Waals surface area contributed by atoms with Crippen molar-refractivity contribution < 1.29 is 9.53 Å². The van der Waals surface area contributed by atoms with Crippen LogP contribution in [0, 0.1) is 25.4 Å². The molecule has 0 radical (unpaired) electrons. The zero-order valence-corrected chi connectivity index (χ0v) is 19.1. The van der Waals surface area contributed by atoms with Crippen LogP contribution in [0.5, 0.6) is 5.75 Å². The van der Waals surface area contributed by atoms with Crippen molar-refractivity contribution in [1.29, 1.82) is 5.26 Å². The van der Waals surface area contributed by atoms with Crippen LogP contribution in [0.3, 0.4) is 0 Å². The van der Waals surface area contributed by atoms with Crippen LogP contribution in [-0.2, 0) is 4.79 Å². The van der Waals surface area contributed by atoms with Gasteiger partial charge in [0.1, 0.15) is 17.4 Å². The number of carbonyl (C=O) groups is 1. The van der Waals surface area contributed by atoms with Crippen LogP contribution < -0.4 is 10.1 Å². The predicted octanol–water partition coefficient (Wildman–Crippen LogP) is 5.80. The standard InChI is InChI=1S/C19H15ClI2N2O2/c1-3-26-18-16(21)7-12(8-17(18)22)6-13(10-23)19(25)24-14-5-4-11(2)15(20)9-14/h4-9H,3H2,1-2H3,(H,24,25)/b13-6-. The smallest absolute Gasteiger partial charge is 0.266 e. The Balaban J connectivity index is 2.28. The third-order valence-corrected chi connectivity index (χ3v) is 5.42. The van der Waals surface area contributed by atoms with Crippen molar-refractivity contribution in [2.24, 2.45) is 0 Å². The van der Waals surface area contributed by atoms with Crippen molar-refractivity contribution in [3.8, 4) is 11.8 Å². The van der Waals surface area contributed by atoms with E-state index in [0.29, 0.717) is 17.3 Å². The molecule has 0 aliphatic heterocycles. The van der Waals surface area contributed by atoms with E-state index in [0.717, 1.165) is 24.0 Å². The lowest BCUT2D eigenvalue weighted by atomic mass is 10.1. The van der Waals surface area contributed by atoms with Gasteiger partial charge in [-0.05, 0) is 100 Å². The van der Waals surface area contributed by atoms with Crippen LogP contribution in [0.1, 0.15) is 18.1 Å². The lowest BCUT2D eigenvalue weighted by Gasteiger charge is -2.10. The molecule has 0 spiro atoms. The van der Waals surface area contributed by atoms with E-state index in [1.807, 2.05) is 38.1 Å². The quantitative estimate of drug-likeness (QED) is 0.271. The Kier molecular flexibility index (Phi) is 7.73. The molecule has 0 bridgehead atoms. The summed E-state index contributed by atoms with van der Waals surface area (Å²) in [5, 5.41) is 12.6. The number of benzene rings is 2. The van der Waals surface area contributed by atoms with Gasteiger partial charge in [-0.25, -0.2) is 0 Å². The van der Waals surface area contributed by atoms with Crippen LogP contribution in [-0.4, -0.2) is 12.5 Å². The van der Waals surface area contributed by atoms with Gasteiger partial charge in [0.2, 0.25) is 0 Å². The molecule has 0 aliphatic carbocycles. The zero-order chi connectivity index (χ0) is 19.3. The summed E-state index contributed by atoms with van der Waals surface area (Å²) < 4.78 is 7.45. The highest BCUT2D eigenvalue weighted by Crippen LogP contribution is 2.30. The van der Waals surface area contributed by atoms with E-state index < -0.39 is 5.91 Å². The summed E-state index contributed by atoms with van der Waals surface area (Å²) in [7, 11) is 0. The number of ether oxygens (including phenoxy) is 1. The molecule has 1 N–H and O–H groups in total. The van der Waals surface area contributed by atoms with Gasteiger partial charge in [0, 0.05) is 10.7 Å². The van der Waals surface area contributed by atoms with Gasteiger partial charge in [0.15, 0.2) is 0 Å². The van der Waals surface area contributed by atoms with Crippen molar-refractivity contribution in [3.05, 3.63) is 59.2 Å². The first-order valence-electron chi connectivity index (χ1n) is 7.66. The number of aryl methyl sites for hydroxylation is 1. The lowest BCUT2D eigenvalue weighted by molar-refractivity contribution is -0.112. The third-order valence-electron chi connectivity index (χ3n) is 3.42. The van der Waals surface area contributed by atoms with Gasteiger partial charge in [-0.15, -0.1) is 0 Å². The highest BCUT2D eigenvalue weighted by atomic mass is 127. The first-order valence-corrected chi connectivity index (χ1v) is 10.2. The van der Waals surface area contributed by atoms with E-state index >= 15 is 0 Å². The second kappa shape index (κ2) is 9.58. The van der Waals surface area contributed by atoms with Crippen molar-refractivity contribution >= 4 is 74.5 Å². The molecule has 2 aromatic rings. The third kappa shape index (κ3) is 5.34. The van der Waals surface area contributed by atoms with Gasteiger partial charge in [-0.2, -0.15) is 5.26 Å². The van der Waals surface area contributed by atoms with Gasteiger partial charge in [-0.3, -0.25) is 4.79 Å². The zero-order valence-electron chi connectivity index (χ0n) is 14.1. The second-order valence-corrected chi connectivity index (χ2v) is 8.07. The Hall–Kier alpha value is -1.31. The fourth-order valence-corrected chi connectivity index (χ4v) is 4.44. The molecule has 1 amide bonds. The SMILES string of the molecule is CCOc1c(I)cc(/C=C(/C#N)C(=O)Nc2ccc(C)c(Cl)c2)cc1I. The van der Waals surface area contributed by atoms with E-state index in [1.165, 1.54) is 0 Å². The second-order valence-electron chi connectivity index (χ2n) is 5.33. The van der Waals surface area contributed by atoms with Crippen molar-refractivity contribution in [3.63, 3.8) is 0 Å². The largest absolute Gasteiger partial charge is 0.492 e. The summed E-state index contributed by atoms with van der Waals surface area (Å²) in [6.45, 7) is 4.38. The van der Waals surface area contributed by atoms with E-state index in [2.05, 4.69) is 50.5 Å². The number of nitrogens with zero attached hydrogens (tertiary/aromatic N) is 1. The summed E-state index contributed by atoms with van der Waals surface area (Å²) in [5.41, 5.74) is 2.23. The fourth-order valence-electron chi connectivity index (χ4n) is 2.13. The highest BCUT2D eigenvalue weighted by Gasteiger charge is 2.12. The first-order chi connectivity index (χ1) is 12.3. The van der Waals surface area contributed by atoms with Gasteiger partial charge in [0.25, 0.3) is 5.91 Å². The Morgan fingerprint density at radius 1 is 1.31 bits per heavy atom. The molecule has 0 saturated heterocycles. The molecule has 26 heavy (non-hydrogen) atoms. The Labute approximate surface area is 184 Å². The summed E-state index contributed by atoms with van der Waals surface area (Å²) in [6, 6.07) is 10.9. The Bertz CT molecular complexity index is 897. The van der Waals surface area contributed by atoms with Gasteiger partial charge >= 0.3 is 0 Å². The average molecular weight is 593 g/mol. The van der Waals surface area contributed by atoms with Crippen molar-refractivity contribution in [2.45, 2.75) is 13.8 Å². The lowest BCUT2D eigenvalue weighted by Crippen LogP contribution is -2.13. The van der Waals surface area contributed by atoms with Crippen LogP contribution in [0.25, 0.3) is 6.08 Å². The van der Waals surface area contributed by atoms with E-state index in [4.69, 9.17) is 16.3 Å². The number of nitriles is 1. The minimum atomic E-state index is -0.480. The predicted molar refractivity (Wildman–Crippen MR) is 121 cm³/mol. The molecule has 0 unspecified atom stereocenters. The summed E-state index contributed by atoms with van der Waals surface area (Å²) in [5.74, 6) is 0.328. The van der Waals surface area contributed by atoms with Crippen LogP contribution in [0.2, 0.25) is 5.02 Å². The maximum Gasteiger partial charge on any atom is 0.266 e. The molecule has 0 aromatic heterocycles. The van der Waals surface area contributed by atoms with E-state index in [-0.39, 0.29) is 5.57 Å². The highest BCUT2D eigenvalue weighted by molar-refractivity contribution is 14.1. The molecule has 134 valence electrons. The minimum absolute atomic E-state index is 0.0115. The first kappa shape index (κ1) is 21.0. The number of rotatable bonds is 5. The normalized spacial score (nSPS) is 11.0. The van der Waals surface area contributed by atoms with Gasteiger partial charge < -0.3 is 10.1 Å². The Morgan fingerprint density at radius 2 is 1.96 bits per heavy atom. The summed E-state index contributed by atoms with van der Waals surface area (Å²) >= 11 is 10.4. The molecule has 0 heterocycles. The molecule has 2 aromatic carbocycles. The number of hydrogen-bond donors (Lipinski definition) is 1. The van der Waals surface area contributed by atoms with Crippen molar-refractivity contribution in [2.75, 3.05) is 11.9 Å². The monoisotopic (exact) mass is 592 g/mol. The number of anilines is 1. The maximum absolute atomic E-state index is 12.4. The topological polar surface area (TPSA) is 62.1 Å². The maximum atomic E-state index is 12.4. The minimum Gasteiger partial charge on any atom is -0.492 e. The van der Waals surface area contributed by atoms with Crippen LogP contribution in [0.15, 0.2) is 35.9 Å². The van der Waals surface area contributed by atoms with E-state index in [1.54, 1.807) is 18.2 Å². The molecule has 0 atom stereocenters. The van der Waals surface area contributed by atoms with Gasteiger partial charge in [0.05, 0.1) is 13.7 Å². The number of hydrogen-bond acceptors (Lipinski definition) is 3. The fraction of sp³-hybridized carbons (Fsp3) is 0.158. The molecule has 0 fully saturated rings. The molecular weight excluding hydrogens is 577 g/mol. The van der Waals surface area contributed by atoms with Crippen LogP contribution in [0.4, 0.5) is 5.69 Å². The number of nitrogens with one attached hydrogen (secondary N) is 1. The molecule has 0 aliphatic rings. The molecule has 4 nitrogen and oxygen atoms in total. The van der Waals surface area contributed by atoms with E-state index in [9.17, 15) is 10.1 Å². The number of halogens is 3. The molecular formula is C19H15ClI2N2O2. The number of amides is 1. The van der Waals surface area contributed by atoms with Gasteiger partial charge in [-0.1, -0.05) is 17.7 Å². The molecule has 0 saturated carbocycles.